The highest BCUT2D eigenvalue weighted by atomic mass is 32.2. The van der Waals surface area contributed by atoms with Crippen molar-refractivity contribution >= 4 is 21.4 Å². The highest BCUT2D eigenvalue weighted by Crippen LogP contribution is 2.26. The lowest BCUT2D eigenvalue weighted by Gasteiger charge is -2.11. The number of anilines is 1. The number of sulfone groups is 1. The Morgan fingerprint density at radius 1 is 1.12 bits per heavy atom. The van der Waals surface area contributed by atoms with Gasteiger partial charge in [0.05, 0.1) is 16.3 Å². The summed E-state index contributed by atoms with van der Waals surface area (Å²) in [5.74, 6) is -4.26. The van der Waals surface area contributed by atoms with Gasteiger partial charge in [0.15, 0.2) is 0 Å². The van der Waals surface area contributed by atoms with Crippen LogP contribution in [0, 0.1) is 0 Å². The molecule has 1 heterocycles. The monoisotopic (exact) mass is 379 g/mol. The summed E-state index contributed by atoms with van der Waals surface area (Å²) < 4.78 is 50.5. The van der Waals surface area contributed by atoms with Gasteiger partial charge in [0.25, 0.3) is 5.91 Å². The zero-order chi connectivity index (χ0) is 18.7. The van der Waals surface area contributed by atoms with E-state index in [1.54, 1.807) is 12.1 Å². The fourth-order valence-electron chi connectivity index (χ4n) is 2.18. The zero-order valence-electron chi connectivity index (χ0n) is 13.0. The number of amides is 1. The Balaban J connectivity index is 1.92. The molecule has 0 atom stereocenters. The number of carbonyl (C=O) groups excluding carboxylic acids is 1. The molecule has 0 bridgehead atoms. The summed E-state index contributed by atoms with van der Waals surface area (Å²) in [7, 11) is -4.86. The van der Waals surface area contributed by atoms with E-state index in [0.29, 0.717) is 5.69 Å². The van der Waals surface area contributed by atoms with Gasteiger partial charge in [0, 0.05) is 5.56 Å². The van der Waals surface area contributed by atoms with Crippen molar-refractivity contribution in [1.29, 1.82) is 0 Å². The van der Waals surface area contributed by atoms with Crippen LogP contribution >= 0.6 is 0 Å². The van der Waals surface area contributed by atoms with E-state index in [4.69, 9.17) is 0 Å². The number of tetrazole rings is 1. The van der Waals surface area contributed by atoms with Crippen molar-refractivity contribution in [3.05, 3.63) is 60.4 Å². The molecule has 0 unspecified atom stereocenters. The maximum absolute atomic E-state index is 12.8. The molecule has 3 rings (SSSR count). The van der Waals surface area contributed by atoms with E-state index in [2.05, 4.69) is 20.8 Å². The van der Waals surface area contributed by atoms with Gasteiger partial charge in [-0.2, -0.15) is 8.78 Å². The van der Waals surface area contributed by atoms with Gasteiger partial charge in [-0.3, -0.25) is 4.79 Å². The number of alkyl halides is 2. The van der Waals surface area contributed by atoms with E-state index >= 15 is 0 Å². The number of para-hydroxylation sites is 1. The standard InChI is InChI=1S/C15H11F2N5O3S/c16-15(17)26(24,25)13-7-2-1-6-12(13)19-14(23)10-4-3-5-11(8-10)22-9-18-20-21-22/h1-9,15H,(H,19,23). The second kappa shape index (κ2) is 6.96. The number of carbonyl (C=O) groups is 1. The Morgan fingerprint density at radius 2 is 1.88 bits per heavy atom. The van der Waals surface area contributed by atoms with Gasteiger partial charge in [-0.25, -0.2) is 13.1 Å². The maximum atomic E-state index is 12.8. The number of benzene rings is 2. The highest BCUT2D eigenvalue weighted by molar-refractivity contribution is 7.91. The van der Waals surface area contributed by atoms with Crippen LogP contribution in [0.2, 0.25) is 0 Å². The number of halogens is 2. The molecule has 2 aromatic carbocycles. The first-order chi connectivity index (χ1) is 12.4. The van der Waals surface area contributed by atoms with E-state index in [9.17, 15) is 22.0 Å². The molecular weight excluding hydrogens is 368 g/mol. The lowest BCUT2D eigenvalue weighted by atomic mass is 10.2. The molecule has 0 aliphatic carbocycles. The van der Waals surface area contributed by atoms with Crippen LogP contribution < -0.4 is 5.32 Å². The SMILES string of the molecule is O=C(Nc1ccccc1S(=O)(=O)C(F)F)c1cccc(-n2cnnn2)c1. The Kier molecular flexibility index (Phi) is 4.71. The Labute approximate surface area is 146 Å². The Bertz CT molecular complexity index is 1040. The number of aromatic nitrogens is 4. The van der Waals surface area contributed by atoms with E-state index in [0.717, 1.165) is 6.07 Å². The van der Waals surface area contributed by atoms with Crippen molar-refractivity contribution in [3.63, 3.8) is 0 Å². The van der Waals surface area contributed by atoms with Crippen molar-refractivity contribution < 1.29 is 22.0 Å². The van der Waals surface area contributed by atoms with Crippen LogP contribution in [0.25, 0.3) is 5.69 Å². The van der Waals surface area contributed by atoms with Crippen LogP contribution in [-0.2, 0) is 9.84 Å². The fourth-order valence-corrected chi connectivity index (χ4v) is 3.06. The van der Waals surface area contributed by atoms with Crippen molar-refractivity contribution in [2.24, 2.45) is 0 Å². The molecule has 1 amide bonds. The second-order valence-electron chi connectivity index (χ2n) is 5.06. The molecule has 0 aliphatic heterocycles. The predicted molar refractivity (Wildman–Crippen MR) is 86.7 cm³/mol. The third-order valence-corrected chi connectivity index (χ3v) is 4.84. The van der Waals surface area contributed by atoms with Gasteiger partial charge in [0.1, 0.15) is 6.33 Å². The number of hydrogen-bond donors (Lipinski definition) is 1. The van der Waals surface area contributed by atoms with Crippen molar-refractivity contribution in [1.82, 2.24) is 20.2 Å². The molecule has 0 aliphatic rings. The summed E-state index contributed by atoms with van der Waals surface area (Å²) in [5, 5.41) is 13.0. The minimum Gasteiger partial charge on any atom is -0.321 e. The van der Waals surface area contributed by atoms with Crippen molar-refractivity contribution in [2.45, 2.75) is 10.7 Å². The average molecular weight is 379 g/mol. The second-order valence-corrected chi connectivity index (χ2v) is 6.95. The summed E-state index contributed by atoms with van der Waals surface area (Å²) in [6.07, 6.45) is 1.33. The average Bonchev–Trinajstić information content (AvgIpc) is 3.17. The summed E-state index contributed by atoms with van der Waals surface area (Å²) in [6, 6.07) is 11.1. The number of nitrogens with zero attached hydrogens (tertiary/aromatic N) is 4. The third kappa shape index (κ3) is 3.42. The molecule has 0 radical (unpaired) electrons. The summed E-state index contributed by atoms with van der Waals surface area (Å²) in [5.41, 5.74) is 0.434. The number of hydrogen-bond acceptors (Lipinski definition) is 6. The lowest BCUT2D eigenvalue weighted by Crippen LogP contribution is -2.18. The molecule has 0 fully saturated rings. The molecular formula is C15H11F2N5O3S. The Morgan fingerprint density at radius 3 is 2.58 bits per heavy atom. The smallest absolute Gasteiger partial charge is 0.321 e. The van der Waals surface area contributed by atoms with Crippen LogP contribution in [0.5, 0.6) is 0 Å². The first-order valence-electron chi connectivity index (χ1n) is 7.15. The normalized spacial score (nSPS) is 11.5. The lowest BCUT2D eigenvalue weighted by molar-refractivity contribution is 0.102. The number of nitrogens with one attached hydrogen (secondary N) is 1. The van der Waals surface area contributed by atoms with Gasteiger partial charge in [-0.05, 0) is 40.8 Å². The van der Waals surface area contributed by atoms with E-state index in [1.165, 1.54) is 41.3 Å². The van der Waals surface area contributed by atoms with Crippen LogP contribution in [0.15, 0.2) is 59.8 Å². The minimum absolute atomic E-state index is 0.169. The molecule has 8 nitrogen and oxygen atoms in total. The quantitative estimate of drug-likeness (QED) is 0.726. The van der Waals surface area contributed by atoms with Gasteiger partial charge in [-0.1, -0.05) is 18.2 Å². The summed E-state index contributed by atoms with van der Waals surface area (Å²) in [6.45, 7) is 0. The maximum Gasteiger partial charge on any atom is 0.341 e. The van der Waals surface area contributed by atoms with E-state index in [1.807, 2.05) is 0 Å². The molecule has 11 heteroatoms. The first-order valence-corrected chi connectivity index (χ1v) is 8.70. The predicted octanol–water partition coefficient (Wildman–Crippen LogP) is 1.91. The fraction of sp³-hybridized carbons (Fsp3) is 0.0667. The van der Waals surface area contributed by atoms with Crippen molar-refractivity contribution in [2.75, 3.05) is 5.32 Å². The van der Waals surface area contributed by atoms with Crippen molar-refractivity contribution in [3.8, 4) is 5.69 Å². The van der Waals surface area contributed by atoms with E-state index < -0.39 is 26.4 Å². The van der Waals surface area contributed by atoms with Crippen LogP contribution in [0.1, 0.15) is 10.4 Å². The molecule has 1 N–H and O–H groups in total. The zero-order valence-corrected chi connectivity index (χ0v) is 13.8. The largest absolute Gasteiger partial charge is 0.341 e. The summed E-state index contributed by atoms with van der Waals surface area (Å²) in [4.78, 5) is 11.8. The number of rotatable bonds is 5. The van der Waals surface area contributed by atoms with Gasteiger partial charge in [0.2, 0.25) is 9.84 Å². The molecule has 0 saturated carbocycles. The molecule has 0 saturated heterocycles. The first kappa shape index (κ1) is 17.6. The molecule has 1 aromatic heterocycles. The molecule has 3 aromatic rings. The van der Waals surface area contributed by atoms with E-state index in [-0.39, 0.29) is 11.3 Å². The topological polar surface area (TPSA) is 107 Å². The van der Waals surface area contributed by atoms with Gasteiger partial charge in [-0.15, -0.1) is 5.10 Å². The Hall–Kier alpha value is -3.21. The molecule has 134 valence electrons. The minimum atomic E-state index is -4.86. The van der Waals surface area contributed by atoms with Crippen LogP contribution in [-0.4, -0.2) is 40.3 Å². The van der Waals surface area contributed by atoms with Crippen LogP contribution in [0.3, 0.4) is 0 Å². The van der Waals surface area contributed by atoms with Gasteiger partial charge >= 0.3 is 5.76 Å². The van der Waals surface area contributed by atoms with Gasteiger partial charge < -0.3 is 5.32 Å². The van der Waals surface area contributed by atoms with Crippen LogP contribution in [0.4, 0.5) is 14.5 Å². The third-order valence-electron chi connectivity index (χ3n) is 3.40. The molecule has 0 spiro atoms. The highest BCUT2D eigenvalue weighted by Gasteiger charge is 2.29. The summed E-state index contributed by atoms with van der Waals surface area (Å²) >= 11 is 0. The molecule has 26 heavy (non-hydrogen) atoms.